The lowest BCUT2D eigenvalue weighted by atomic mass is 10.0. The average molecular weight is 577 g/mol. The topological polar surface area (TPSA) is 96.7 Å². The monoisotopic (exact) mass is 576 g/mol. The van der Waals surface area contributed by atoms with Crippen molar-refractivity contribution in [2.45, 2.75) is 13.8 Å². The van der Waals surface area contributed by atoms with Crippen LogP contribution in [0.4, 0.5) is 10.1 Å². The van der Waals surface area contributed by atoms with E-state index in [1.54, 1.807) is 6.20 Å². The summed E-state index contributed by atoms with van der Waals surface area (Å²) in [5, 5.41) is 19.9. The van der Waals surface area contributed by atoms with Crippen LogP contribution in [0.3, 0.4) is 0 Å². The number of aromatic amines is 2. The number of pyridine rings is 1. The van der Waals surface area contributed by atoms with Crippen LogP contribution in [0.25, 0.3) is 50.0 Å². The molecule has 0 radical (unpaired) electrons. The molecule has 0 bridgehead atoms. The van der Waals surface area contributed by atoms with Crippen LogP contribution in [0.15, 0.2) is 84.3 Å². The molecule has 2 aromatic carbocycles. The van der Waals surface area contributed by atoms with Crippen LogP contribution in [-0.2, 0) is 0 Å². The predicted octanol–water partition coefficient (Wildman–Crippen LogP) is 6.27. The molecule has 3 aromatic heterocycles. The zero-order valence-corrected chi connectivity index (χ0v) is 25.0. The number of halogens is 1. The summed E-state index contributed by atoms with van der Waals surface area (Å²) in [7, 11) is 4.03. The molecule has 8 nitrogen and oxygen atoms in total. The van der Waals surface area contributed by atoms with Crippen molar-refractivity contribution < 1.29 is 4.39 Å². The van der Waals surface area contributed by atoms with Gasteiger partial charge < -0.3 is 25.8 Å². The van der Waals surface area contributed by atoms with Crippen LogP contribution >= 0.6 is 0 Å². The first-order chi connectivity index (χ1) is 20.9. The standard InChI is InChI=1S/C34H37FN8/c1-5-36-19-22-12-21(2)39-20-25(13-22)23-6-7-31-28(16-23)34(42-41-31)32-18-29-30(40-32)8-9-38-33(29)24-14-26(35)17-27(15-24)37-10-11-43(3)4/h6-9,12-18,20,36-37,39-40H,5,10-11,19H2,1-4H3,(H,41,42). The van der Waals surface area contributed by atoms with Gasteiger partial charge in [-0.1, -0.05) is 13.0 Å². The molecule has 0 amide bonds. The summed E-state index contributed by atoms with van der Waals surface area (Å²) in [6.07, 6.45) is 8.19. The van der Waals surface area contributed by atoms with Crippen LogP contribution in [-0.4, -0.2) is 65.3 Å². The number of anilines is 1. The summed E-state index contributed by atoms with van der Waals surface area (Å²) < 4.78 is 14.7. The molecule has 5 aromatic rings. The van der Waals surface area contributed by atoms with Crippen LogP contribution < -0.4 is 16.0 Å². The molecule has 6 rings (SSSR count). The van der Waals surface area contributed by atoms with Gasteiger partial charge in [0.05, 0.1) is 16.9 Å². The van der Waals surface area contributed by atoms with E-state index in [0.29, 0.717) is 12.2 Å². The van der Waals surface area contributed by atoms with Gasteiger partial charge in [-0.2, -0.15) is 5.10 Å². The Morgan fingerprint density at radius 3 is 2.63 bits per heavy atom. The Kier molecular flexibility index (Phi) is 8.09. The van der Waals surface area contributed by atoms with Crippen molar-refractivity contribution in [1.82, 2.24) is 35.7 Å². The minimum Gasteiger partial charge on any atom is -0.384 e. The molecule has 4 heterocycles. The van der Waals surface area contributed by atoms with Gasteiger partial charge in [0.25, 0.3) is 0 Å². The zero-order chi connectivity index (χ0) is 29.9. The summed E-state index contributed by atoms with van der Waals surface area (Å²) in [4.78, 5) is 10.3. The molecule has 0 saturated heterocycles. The van der Waals surface area contributed by atoms with Gasteiger partial charge in [-0.15, -0.1) is 0 Å². The normalized spacial score (nSPS) is 13.6. The molecule has 1 aliphatic heterocycles. The molecule has 0 aliphatic carbocycles. The summed E-state index contributed by atoms with van der Waals surface area (Å²) in [5.74, 6) is -0.305. The van der Waals surface area contributed by atoms with Crippen molar-refractivity contribution in [3.8, 4) is 22.6 Å². The van der Waals surface area contributed by atoms with Gasteiger partial charge in [0, 0.05) is 65.3 Å². The van der Waals surface area contributed by atoms with Gasteiger partial charge in [-0.3, -0.25) is 10.1 Å². The summed E-state index contributed by atoms with van der Waals surface area (Å²) in [6, 6.07) is 15.3. The van der Waals surface area contributed by atoms with Gasteiger partial charge in [0.1, 0.15) is 11.5 Å². The first kappa shape index (κ1) is 28.4. The Hall–Kier alpha value is -4.73. The first-order valence-corrected chi connectivity index (χ1v) is 14.6. The molecule has 0 fully saturated rings. The minimum atomic E-state index is -0.305. The van der Waals surface area contributed by atoms with Crippen LogP contribution in [0.1, 0.15) is 19.4 Å². The number of rotatable bonds is 10. The van der Waals surface area contributed by atoms with Gasteiger partial charge in [-0.05, 0) is 98.9 Å². The first-order valence-electron chi connectivity index (χ1n) is 14.6. The van der Waals surface area contributed by atoms with Crippen molar-refractivity contribution in [1.29, 1.82) is 0 Å². The number of likely N-dealkylation sites (N-methyl/N-ethyl adjacent to an activating group) is 2. The number of benzene rings is 2. The number of H-pyrrole nitrogens is 2. The number of nitrogens with zero attached hydrogens (tertiary/aromatic N) is 3. The lowest BCUT2D eigenvalue weighted by Crippen LogP contribution is -2.20. The van der Waals surface area contributed by atoms with Crippen molar-refractivity contribution in [3.05, 3.63) is 95.7 Å². The highest BCUT2D eigenvalue weighted by Crippen LogP contribution is 2.35. The van der Waals surface area contributed by atoms with E-state index >= 15 is 0 Å². The minimum absolute atomic E-state index is 0.305. The molecule has 220 valence electrons. The Morgan fingerprint density at radius 1 is 0.930 bits per heavy atom. The second-order valence-corrected chi connectivity index (χ2v) is 11.2. The quantitative estimate of drug-likeness (QED) is 0.135. The third kappa shape index (κ3) is 6.23. The van der Waals surface area contributed by atoms with Crippen molar-refractivity contribution in [2.75, 3.05) is 45.6 Å². The number of aromatic nitrogens is 4. The lowest BCUT2D eigenvalue weighted by Gasteiger charge is -2.12. The average Bonchev–Trinajstić information content (AvgIpc) is 3.56. The highest BCUT2D eigenvalue weighted by molar-refractivity contribution is 6.01. The predicted molar refractivity (Wildman–Crippen MR) is 175 cm³/mol. The largest absolute Gasteiger partial charge is 0.384 e. The molecular weight excluding hydrogens is 539 g/mol. The summed E-state index contributed by atoms with van der Waals surface area (Å²) >= 11 is 0. The molecule has 1 aliphatic rings. The SMILES string of the molecule is CCNCC1=CC(c2ccc3[nH]nc(-c4cc5c(-c6cc(F)cc(NCCN(C)C)c6)nccc5[nH]4)c3c2)=CNC(C)=C1. The van der Waals surface area contributed by atoms with E-state index < -0.39 is 0 Å². The number of hydrogen-bond acceptors (Lipinski definition) is 6. The zero-order valence-electron chi connectivity index (χ0n) is 25.0. The molecule has 5 N–H and O–H groups in total. The van der Waals surface area contributed by atoms with Crippen molar-refractivity contribution in [2.24, 2.45) is 0 Å². The van der Waals surface area contributed by atoms with E-state index in [1.165, 1.54) is 17.7 Å². The fourth-order valence-electron chi connectivity index (χ4n) is 5.40. The number of allylic oxidation sites excluding steroid dienone is 3. The number of hydrogen-bond donors (Lipinski definition) is 5. The number of nitrogens with one attached hydrogen (secondary N) is 5. The van der Waals surface area contributed by atoms with Crippen molar-refractivity contribution >= 4 is 33.1 Å². The summed E-state index contributed by atoms with van der Waals surface area (Å²) in [6.45, 7) is 7.46. The Bertz CT molecular complexity index is 1870. The Labute approximate surface area is 250 Å². The summed E-state index contributed by atoms with van der Waals surface area (Å²) in [5.41, 5.74) is 10.2. The maximum absolute atomic E-state index is 14.7. The maximum Gasteiger partial charge on any atom is 0.125 e. The van der Waals surface area contributed by atoms with Crippen LogP contribution in [0.2, 0.25) is 0 Å². The van der Waals surface area contributed by atoms with Crippen LogP contribution in [0.5, 0.6) is 0 Å². The fourth-order valence-corrected chi connectivity index (χ4v) is 5.40. The Morgan fingerprint density at radius 2 is 1.79 bits per heavy atom. The maximum atomic E-state index is 14.7. The van der Waals surface area contributed by atoms with E-state index in [0.717, 1.165) is 80.9 Å². The van der Waals surface area contributed by atoms with E-state index in [2.05, 4.69) is 92.4 Å². The Balaban J connectivity index is 1.36. The molecule has 0 spiro atoms. The third-order valence-corrected chi connectivity index (χ3v) is 7.54. The van der Waals surface area contributed by atoms with Gasteiger partial charge in [-0.25, -0.2) is 4.39 Å². The molecule has 43 heavy (non-hydrogen) atoms. The molecule has 0 unspecified atom stereocenters. The lowest BCUT2D eigenvalue weighted by molar-refractivity contribution is 0.425. The fraction of sp³-hybridized carbons (Fsp3) is 0.235. The molecular formula is C34H37FN8. The molecule has 0 atom stereocenters. The highest BCUT2D eigenvalue weighted by atomic mass is 19.1. The van der Waals surface area contributed by atoms with E-state index in [9.17, 15) is 4.39 Å². The highest BCUT2D eigenvalue weighted by Gasteiger charge is 2.16. The van der Waals surface area contributed by atoms with Gasteiger partial charge >= 0.3 is 0 Å². The van der Waals surface area contributed by atoms with E-state index in [-0.39, 0.29) is 5.82 Å². The van der Waals surface area contributed by atoms with Crippen LogP contribution in [0, 0.1) is 5.82 Å². The van der Waals surface area contributed by atoms with Gasteiger partial charge in [0.15, 0.2) is 0 Å². The van der Waals surface area contributed by atoms with E-state index in [1.807, 2.05) is 26.2 Å². The number of fused-ring (bicyclic) bond motifs is 2. The molecule has 0 saturated carbocycles. The second-order valence-electron chi connectivity index (χ2n) is 11.2. The van der Waals surface area contributed by atoms with E-state index in [4.69, 9.17) is 5.10 Å². The second kappa shape index (κ2) is 12.2. The molecule has 9 heteroatoms. The van der Waals surface area contributed by atoms with Crippen molar-refractivity contribution in [3.63, 3.8) is 0 Å². The third-order valence-electron chi connectivity index (χ3n) is 7.54. The smallest absolute Gasteiger partial charge is 0.125 e. The van der Waals surface area contributed by atoms with Gasteiger partial charge in [0.2, 0.25) is 0 Å².